The highest BCUT2D eigenvalue weighted by Gasteiger charge is 2.19. The normalized spacial score (nSPS) is 11.9. The molecule has 0 aliphatic carbocycles. The van der Waals surface area contributed by atoms with Crippen LogP contribution in [-0.2, 0) is 28.6 Å². The lowest BCUT2D eigenvalue weighted by atomic mass is 10.0. The third kappa shape index (κ3) is 37.5. The molecule has 0 saturated carbocycles. The topological polar surface area (TPSA) is 78.9 Å². The summed E-state index contributed by atoms with van der Waals surface area (Å²) in [6.45, 7) is 8.88. The molecule has 6 nitrogen and oxygen atoms in total. The molecule has 0 unspecified atom stereocenters. The molecule has 0 aromatic rings. The number of carbonyl (C=O) groups is 3. The van der Waals surface area contributed by atoms with Gasteiger partial charge in [0.15, 0.2) is 6.10 Å². The maximum absolute atomic E-state index is 12.5. The van der Waals surface area contributed by atoms with Crippen LogP contribution in [0.1, 0.15) is 233 Å². The monoisotopic (exact) mass is 695 g/mol. The summed E-state index contributed by atoms with van der Waals surface area (Å²) in [7, 11) is 0. The first-order valence-electron chi connectivity index (χ1n) is 21.4. The first-order chi connectivity index (χ1) is 23.9. The van der Waals surface area contributed by atoms with E-state index in [1.54, 1.807) is 0 Å². The minimum Gasteiger partial charge on any atom is -0.462 e. The first-order valence-corrected chi connectivity index (χ1v) is 21.4. The zero-order valence-corrected chi connectivity index (χ0v) is 33.1. The number of hydrogen-bond acceptors (Lipinski definition) is 6. The Morgan fingerprint density at radius 1 is 0.388 bits per heavy atom. The Labute approximate surface area is 304 Å². The maximum atomic E-state index is 12.5. The van der Waals surface area contributed by atoms with E-state index in [1.165, 1.54) is 122 Å². The van der Waals surface area contributed by atoms with E-state index in [9.17, 15) is 14.4 Å². The van der Waals surface area contributed by atoms with E-state index in [-0.39, 0.29) is 31.1 Å². The second-order valence-electron chi connectivity index (χ2n) is 15.1. The molecule has 290 valence electrons. The minimum atomic E-state index is -0.755. The minimum absolute atomic E-state index is 0.0659. The van der Waals surface area contributed by atoms with E-state index in [0.717, 1.165) is 70.1 Å². The molecular formula is C43H82O6. The number of ether oxygens (including phenoxy) is 3. The summed E-state index contributed by atoms with van der Waals surface area (Å²) < 4.78 is 16.5. The van der Waals surface area contributed by atoms with Gasteiger partial charge in [0, 0.05) is 19.3 Å². The summed E-state index contributed by atoms with van der Waals surface area (Å²) in [5.74, 6) is -0.0269. The predicted octanol–water partition coefficient (Wildman–Crippen LogP) is 13.2. The molecule has 0 radical (unpaired) electrons. The molecule has 1 atom stereocenters. The molecule has 0 spiro atoms. The molecule has 0 N–H and O–H groups in total. The van der Waals surface area contributed by atoms with Crippen LogP contribution in [0.2, 0.25) is 0 Å². The van der Waals surface area contributed by atoms with Gasteiger partial charge in [-0.2, -0.15) is 0 Å². The van der Waals surface area contributed by atoms with Crippen molar-refractivity contribution in [2.45, 2.75) is 239 Å². The highest BCUT2D eigenvalue weighted by atomic mass is 16.6. The van der Waals surface area contributed by atoms with Crippen LogP contribution in [0.3, 0.4) is 0 Å². The average Bonchev–Trinajstić information content (AvgIpc) is 3.08. The van der Waals surface area contributed by atoms with Gasteiger partial charge in [-0.3, -0.25) is 14.4 Å². The summed E-state index contributed by atoms with van der Waals surface area (Å²) in [6, 6.07) is 0. The Kier molecular flexibility index (Phi) is 36.4. The third-order valence-corrected chi connectivity index (χ3v) is 9.54. The molecule has 0 bridgehead atoms. The third-order valence-electron chi connectivity index (χ3n) is 9.54. The molecule has 0 saturated heterocycles. The van der Waals surface area contributed by atoms with Crippen molar-refractivity contribution in [3.63, 3.8) is 0 Å². The molecule has 0 heterocycles. The predicted molar refractivity (Wildman–Crippen MR) is 206 cm³/mol. The number of rotatable bonds is 38. The highest BCUT2D eigenvalue weighted by Crippen LogP contribution is 2.16. The zero-order chi connectivity index (χ0) is 36.0. The van der Waals surface area contributed by atoms with Gasteiger partial charge in [0.25, 0.3) is 0 Å². The lowest BCUT2D eigenvalue weighted by Gasteiger charge is -2.18. The van der Waals surface area contributed by atoms with Crippen LogP contribution in [0.15, 0.2) is 0 Å². The summed E-state index contributed by atoms with van der Waals surface area (Å²) in [5.41, 5.74) is 0. The number of unbranched alkanes of at least 4 members (excludes halogenated alkanes) is 25. The van der Waals surface area contributed by atoms with Crippen LogP contribution in [0.25, 0.3) is 0 Å². The largest absolute Gasteiger partial charge is 0.462 e. The molecule has 6 heteroatoms. The Morgan fingerprint density at radius 3 is 1.00 bits per heavy atom. The fourth-order valence-corrected chi connectivity index (χ4v) is 6.27. The Hall–Kier alpha value is -1.59. The smallest absolute Gasteiger partial charge is 0.306 e. The molecule has 0 aromatic heterocycles. The Balaban J connectivity index is 4.02. The van der Waals surface area contributed by atoms with Crippen molar-refractivity contribution in [1.29, 1.82) is 0 Å². The van der Waals surface area contributed by atoms with Crippen LogP contribution in [0.4, 0.5) is 0 Å². The molecule has 0 aliphatic heterocycles. The summed E-state index contributed by atoms with van der Waals surface area (Å²) >= 11 is 0. The van der Waals surface area contributed by atoms with Gasteiger partial charge in [-0.1, -0.05) is 195 Å². The lowest BCUT2D eigenvalue weighted by Crippen LogP contribution is -2.30. The molecule has 0 aliphatic rings. The van der Waals surface area contributed by atoms with Crippen molar-refractivity contribution in [3.8, 4) is 0 Å². The quantitative estimate of drug-likeness (QED) is 0.0364. The van der Waals surface area contributed by atoms with Crippen molar-refractivity contribution in [3.05, 3.63) is 0 Å². The zero-order valence-electron chi connectivity index (χ0n) is 33.1. The van der Waals surface area contributed by atoms with E-state index >= 15 is 0 Å². The lowest BCUT2D eigenvalue weighted by molar-refractivity contribution is -0.167. The highest BCUT2D eigenvalue weighted by molar-refractivity contribution is 5.71. The van der Waals surface area contributed by atoms with Gasteiger partial charge < -0.3 is 14.2 Å². The SMILES string of the molecule is CCCCCCCCCC(=O)OC[C@@H](COC(=O)CCCCCCCCCCCCCCCCCCC(C)C)OC(=O)CCCCCCC. The van der Waals surface area contributed by atoms with E-state index in [4.69, 9.17) is 14.2 Å². The molecule has 0 fully saturated rings. The van der Waals surface area contributed by atoms with Gasteiger partial charge in [0.1, 0.15) is 13.2 Å². The number of carbonyl (C=O) groups excluding carboxylic acids is 3. The van der Waals surface area contributed by atoms with Crippen molar-refractivity contribution in [1.82, 2.24) is 0 Å². The molecule has 0 amide bonds. The molecular weight excluding hydrogens is 612 g/mol. The average molecular weight is 695 g/mol. The van der Waals surface area contributed by atoms with Crippen LogP contribution < -0.4 is 0 Å². The Morgan fingerprint density at radius 2 is 0.673 bits per heavy atom. The first kappa shape index (κ1) is 47.4. The van der Waals surface area contributed by atoms with Crippen molar-refractivity contribution >= 4 is 17.9 Å². The maximum Gasteiger partial charge on any atom is 0.306 e. The van der Waals surface area contributed by atoms with E-state index < -0.39 is 6.10 Å². The second kappa shape index (κ2) is 37.7. The van der Waals surface area contributed by atoms with Gasteiger partial charge in [-0.25, -0.2) is 0 Å². The van der Waals surface area contributed by atoms with E-state index in [2.05, 4.69) is 27.7 Å². The van der Waals surface area contributed by atoms with Gasteiger partial charge in [0.05, 0.1) is 0 Å². The molecule has 49 heavy (non-hydrogen) atoms. The van der Waals surface area contributed by atoms with Gasteiger partial charge >= 0.3 is 17.9 Å². The van der Waals surface area contributed by atoms with Crippen LogP contribution >= 0.6 is 0 Å². The Bertz CT molecular complexity index is 736. The second-order valence-corrected chi connectivity index (χ2v) is 15.1. The number of hydrogen-bond donors (Lipinski definition) is 0. The molecule has 0 aromatic carbocycles. The van der Waals surface area contributed by atoms with Crippen molar-refractivity contribution in [2.24, 2.45) is 5.92 Å². The fraction of sp³-hybridized carbons (Fsp3) is 0.930. The fourth-order valence-electron chi connectivity index (χ4n) is 6.27. The van der Waals surface area contributed by atoms with Crippen molar-refractivity contribution in [2.75, 3.05) is 13.2 Å². The standard InChI is InChI=1S/C43H82O6/c1-5-7-9-11-22-27-30-34-41(44)47-37-40(49-43(46)36-32-25-10-8-6-2)38-48-42(45)35-31-28-24-21-19-17-15-13-12-14-16-18-20-23-26-29-33-39(3)4/h39-40H,5-38H2,1-4H3/t40-/m0/s1. The number of esters is 3. The van der Waals surface area contributed by atoms with E-state index in [0.29, 0.717) is 19.3 Å². The molecule has 0 rings (SSSR count). The van der Waals surface area contributed by atoms with Crippen LogP contribution in [0, 0.1) is 5.92 Å². The summed E-state index contributed by atoms with van der Waals surface area (Å²) in [4.78, 5) is 37.2. The summed E-state index contributed by atoms with van der Waals surface area (Å²) in [6.07, 6.45) is 35.6. The van der Waals surface area contributed by atoms with Crippen LogP contribution in [0.5, 0.6) is 0 Å². The summed E-state index contributed by atoms with van der Waals surface area (Å²) in [5, 5.41) is 0. The van der Waals surface area contributed by atoms with Gasteiger partial charge in [0.2, 0.25) is 0 Å². The van der Waals surface area contributed by atoms with E-state index in [1.807, 2.05) is 0 Å². The van der Waals surface area contributed by atoms with Gasteiger partial charge in [-0.15, -0.1) is 0 Å². The van der Waals surface area contributed by atoms with Gasteiger partial charge in [-0.05, 0) is 25.2 Å². The van der Waals surface area contributed by atoms with Crippen molar-refractivity contribution < 1.29 is 28.6 Å². The van der Waals surface area contributed by atoms with Crippen LogP contribution in [-0.4, -0.2) is 37.2 Å².